The number of anilines is 1. The quantitative estimate of drug-likeness (QED) is 0.595. The van der Waals surface area contributed by atoms with Crippen LogP contribution in [-0.2, 0) is 5.54 Å². The van der Waals surface area contributed by atoms with Gasteiger partial charge in [0.25, 0.3) is 0 Å². The molecule has 0 atom stereocenters. The van der Waals surface area contributed by atoms with Gasteiger partial charge in [0.1, 0.15) is 5.82 Å². The van der Waals surface area contributed by atoms with E-state index in [-0.39, 0.29) is 5.54 Å². The molecule has 0 aliphatic rings. The maximum absolute atomic E-state index is 4.80. The molecule has 4 rings (SSSR count). The van der Waals surface area contributed by atoms with Gasteiger partial charge in [0.2, 0.25) is 0 Å². The second-order valence-electron chi connectivity index (χ2n) is 6.64. The van der Waals surface area contributed by atoms with E-state index in [1.54, 1.807) is 24.8 Å². The van der Waals surface area contributed by atoms with Gasteiger partial charge >= 0.3 is 0 Å². The Bertz CT molecular complexity index is 1030. The molecule has 0 aliphatic heterocycles. The van der Waals surface area contributed by atoms with Crippen LogP contribution in [0.3, 0.4) is 0 Å². The Morgan fingerprint density at radius 2 is 1.54 bits per heavy atom. The summed E-state index contributed by atoms with van der Waals surface area (Å²) in [5.41, 5.74) is 2.62. The van der Waals surface area contributed by atoms with E-state index >= 15 is 0 Å². The van der Waals surface area contributed by atoms with Crippen molar-refractivity contribution in [3.8, 4) is 11.4 Å². The fraction of sp³-hybridized carbons (Fsp3) is 0.143. The molecule has 1 aromatic carbocycles. The van der Waals surface area contributed by atoms with Crippen LogP contribution in [0.5, 0.6) is 0 Å². The van der Waals surface area contributed by atoms with Gasteiger partial charge in [-0.1, -0.05) is 30.3 Å². The molecule has 0 fully saturated rings. The first-order valence-electron chi connectivity index (χ1n) is 8.49. The van der Waals surface area contributed by atoms with Crippen LogP contribution in [0.1, 0.15) is 19.4 Å². The third-order valence-corrected chi connectivity index (χ3v) is 4.36. The van der Waals surface area contributed by atoms with Crippen molar-refractivity contribution in [3.05, 3.63) is 78.9 Å². The van der Waals surface area contributed by atoms with Crippen molar-refractivity contribution in [2.45, 2.75) is 19.4 Å². The first-order chi connectivity index (χ1) is 12.6. The molecule has 26 heavy (non-hydrogen) atoms. The Balaban J connectivity index is 1.83. The number of aromatic nitrogens is 4. The van der Waals surface area contributed by atoms with Crippen LogP contribution >= 0.6 is 0 Å². The SMILES string of the molecule is CC(C)(Nc1nc(-c2ccncc2)nc2cnccc12)c1ccccc1. The average Bonchev–Trinajstić information content (AvgIpc) is 2.69. The van der Waals surface area contributed by atoms with E-state index in [9.17, 15) is 0 Å². The molecule has 3 heterocycles. The maximum atomic E-state index is 4.80. The summed E-state index contributed by atoms with van der Waals surface area (Å²) < 4.78 is 0. The molecular formula is C21H19N5. The molecule has 0 radical (unpaired) electrons. The minimum atomic E-state index is -0.290. The molecule has 0 saturated carbocycles. The lowest BCUT2D eigenvalue weighted by Crippen LogP contribution is -2.28. The normalized spacial score (nSPS) is 11.5. The predicted molar refractivity (Wildman–Crippen MR) is 104 cm³/mol. The zero-order valence-corrected chi connectivity index (χ0v) is 14.7. The van der Waals surface area contributed by atoms with E-state index in [0.29, 0.717) is 5.82 Å². The minimum Gasteiger partial charge on any atom is -0.360 e. The fourth-order valence-electron chi connectivity index (χ4n) is 2.93. The average molecular weight is 341 g/mol. The Labute approximate surface area is 152 Å². The van der Waals surface area contributed by atoms with Crippen LogP contribution in [0.2, 0.25) is 0 Å². The van der Waals surface area contributed by atoms with Gasteiger partial charge in [-0.15, -0.1) is 0 Å². The van der Waals surface area contributed by atoms with E-state index in [4.69, 9.17) is 4.98 Å². The van der Waals surface area contributed by atoms with Crippen molar-refractivity contribution in [1.29, 1.82) is 0 Å². The minimum absolute atomic E-state index is 0.290. The van der Waals surface area contributed by atoms with Crippen LogP contribution < -0.4 is 5.32 Å². The number of fused-ring (bicyclic) bond motifs is 1. The Morgan fingerprint density at radius 1 is 0.808 bits per heavy atom. The fourth-order valence-corrected chi connectivity index (χ4v) is 2.93. The third kappa shape index (κ3) is 3.11. The number of benzene rings is 1. The van der Waals surface area contributed by atoms with E-state index in [0.717, 1.165) is 22.3 Å². The summed E-state index contributed by atoms with van der Waals surface area (Å²) in [6, 6.07) is 16.1. The van der Waals surface area contributed by atoms with Crippen LogP contribution in [-0.4, -0.2) is 19.9 Å². The van der Waals surface area contributed by atoms with Gasteiger partial charge in [-0.25, -0.2) is 9.97 Å². The first kappa shape index (κ1) is 16.1. The number of nitrogens with one attached hydrogen (secondary N) is 1. The lowest BCUT2D eigenvalue weighted by atomic mass is 9.94. The molecule has 0 unspecified atom stereocenters. The molecule has 5 nitrogen and oxygen atoms in total. The van der Waals surface area contributed by atoms with E-state index in [1.807, 2.05) is 36.4 Å². The molecule has 0 saturated heterocycles. The molecule has 128 valence electrons. The summed E-state index contributed by atoms with van der Waals surface area (Å²) in [5.74, 6) is 1.44. The summed E-state index contributed by atoms with van der Waals surface area (Å²) in [5, 5.41) is 4.54. The number of pyridine rings is 2. The van der Waals surface area contributed by atoms with Gasteiger partial charge in [-0.2, -0.15) is 0 Å². The third-order valence-electron chi connectivity index (χ3n) is 4.36. The van der Waals surface area contributed by atoms with Gasteiger partial charge in [0.15, 0.2) is 5.82 Å². The van der Waals surface area contributed by atoms with Gasteiger partial charge in [-0.05, 0) is 37.6 Å². The summed E-state index contributed by atoms with van der Waals surface area (Å²) in [7, 11) is 0. The highest BCUT2D eigenvalue weighted by Crippen LogP contribution is 2.30. The Hall–Kier alpha value is -3.34. The Kier molecular flexibility index (Phi) is 4.05. The monoisotopic (exact) mass is 341 g/mol. The van der Waals surface area contributed by atoms with Crippen LogP contribution in [0.25, 0.3) is 22.3 Å². The zero-order chi connectivity index (χ0) is 18.0. The lowest BCUT2D eigenvalue weighted by Gasteiger charge is -2.28. The van der Waals surface area contributed by atoms with Gasteiger partial charge in [-0.3, -0.25) is 9.97 Å². The van der Waals surface area contributed by atoms with Crippen molar-refractivity contribution < 1.29 is 0 Å². The topological polar surface area (TPSA) is 63.6 Å². The summed E-state index contributed by atoms with van der Waals surface area (Å²) in [4.78, 5) is 17.8. The molecule has 0 bridgehead atoms. The summed E-state index contributed by atoms with van der Waals surface area (Å²) in [6.07, 6.45) is 7.02. The highest BCUT2D eigenvalue weighted by molar-refractivity contribution is 5.90. The van der Waals surface area contributed by atoms with Crippen LogP contribution in [0.4, 0.5) is 5.82 Å². The second-order valence-corrected chi connectivity index (χ2v) is 6.64. The van der Waals surface area contributed by atoms with Crippen molar-refractivity contribution >= 4 is 16.7 Å². The smallest absolute Gasteiger partial charge is 0.162 e. The lowest BCUT2D eigenvalue weighted by molar-refractivity contribution is 0.607. The molecule has 4 aromatic rings. The molecule has 1 N–H and O–H groups in total. The molecule has 5 heteroatoms. The number of hydrogen-bond acceptors (Lipinski definition) is 5. The zero-order valence-electron chi connectivity index (χ0n) is 14.7. The van der Waals surface area contributed by atoms with Gasteiger partial charge in [0.05, 0.1) is 17.3 Å². The van der Waals surface area contributed by atoms with Crippen molar-refractivity contribution in [2.24, 2.45) is 0 Å². The van der Waals surface area contributed by atoms with Crippen LogP contribution in [0, 0.1) is 0 Å². The van der Waals surface area contributed by atoms with Gasteiger partial charge < -0.3 is 5.32 Å². The second kappa shape index (κ2) is 6.52. The highest BCUT2D eigenvalue weighted by Gasteiger charge is 2.22. The standard InChI is InChI=1S/C21H19N5/c1-21(2,16-6-4-3-5-7-16)26-20-17-10-13-23-14-18(17)24-19(25-20)15-8-11-22-12-9-15/h3-14H,1-2H3,(H,24,25,26). The van der Waals surface area contributed by atoms with Crippen molar-refractivity contribution in [1.82, 2.24) is 19.9 Å². The molecule has 0 spiro atoms. The van der Waals surface area contributed by atoms with Crippen molar-refractivity contribution in [3.63, 3.8) is 0 Å². The first-order valence-corrected chi connectivity index (χ1v) is 8.49. The van der Waals surface area contributed by atoms with E-state index in [2.05, 4.69) is 46.2 Å². The van der Waals surface area contributed by atoms with Crippen molar-refractivity contribution in [2.75, 3.05) is 5.32 Å². The number of hydrogen-bond donors (Lipinski definition) is 1. The largest absolute Gasteiger partial charge is 0.360 e. The molecule has 0 aliphatic carbocycles. The maximum Gasteiger partial charge on any atom is 0.162 e. The van der Waals surface area contributed by atoms with E-state index < -0.39 is 0 Å². The molecule has 3 aromatic heterocycles. The number of rotatable bonds is 4. The van der Waals surface area contributed by atoms with E-state index in [1.165, 1.54) is 5.56 Å². The Morgan fingerprint density at radius 3 is 2.31 bits per heavy atom. The predicted octanol–water partition coefficient (Wildman–Crippen LogP) is 4.43. The summed E-state index contributed by atoms with van der Waals surface area (Å²) in [6.45, 7) is 4.28. The van der Waals surface area contributed by atoms with Gasteiger partial charge in [0, 0.05) is 29.5 Å². The molecular weight excluding hydrogens is 322 g/mol. The molecule has 0 amide bonds. The van der Waals surface area contributed by atoms with Crippen LogP contribution in [0.15, 0.2) is 73.3 Å². The summed E-state index contributed by atoms with van der Waals surface area (Å²) >= 11 is 0. The highest BCUT2D eigenvalue weighted by atomic mass is 15.1. The number of nitrogens with zero attached hydrogens (tertiary/aromatic N) is 4.